The average molecular weight is 346 g/mol. The molecule has 0 spiro atoms. The summed E-state index contributed by atoms with van der Waals surface area (Å²) < 4.78 is 1.66. The molecule has 23 heavy (non-hydrogen) atoms. The zero-order valence-electron chi connectivity index (χ0n) is 12.1. The van der Waals surface area contributed by atoms with Crippen LogP contribution in [0.25, 0.3) is 10.9 Å². The molecule has 7 heteroatoms. The van der Waals surface area contributed by atoms with Crippen molar-refractivity contribution in [2.75, 3.05) is 5.32 Å². The van der Waals surface area contributed by atoms with Crippen molar-refractivity contribution in [1.29, 1.82) is 0 Å². The normalized spacial score (nSPS) is 10.7. The molecule has 0 aliphatic rings. The lowest BCUT2D eigenvalue weighted by molar-refractivity contribution is 0.102. The number of fused-ring (bicyclic) bond motifs is 1. The van der Waals surface area contributed by atoms with Crippen molar-refractivity contribution in [3.8, 4) is 0 Å². The molecular weight excluding hydrogens is 334 g/mol. The minimum Gasteiger partial charge on any atom is -0.332 e. The van der Waals surface area contributed by atoms with Crippen LogP contribution in [0.5, 0.6) is 0 Å². The van der Waals surface area contributed by atoms with Gasteiger partial charge in [0.05, 0.1) is 10.9 Å². The number of hydrogen-bond acceptors (Lipinski definition) is 3. The van der Waals surface area contributed by atoms with Crippen LogP contribution in [0.3, 0.4) is 0 Å². The Kier molecular flexibility index (Phi) is 4.02. The summed E-state index contributed by atoms with van der Waals surface area (Å²) in [7, 11) is 1.60. The molecule has 2 aromatic carbocycles. The van der Waals surface area contributed by atoms with E-state index in [-0.39, 0.29) is 11.5 Å². The molecule has 0 radical (unpaired) electrons. The number of rotatable bonds is 2. The molecule has 3 rings (SSSR count). The highest BCUT2D eigenvalue weighted by molar-refractivity contribution is 7.71. The summed E-state index contributed by atoms with van der Waals surface area (Å²) >= 11 is 10.9. The quantitative estimate of drug-likeness (QED) is 0.698. The number of nitrogens with one attached hydrogen (secondary N) is 2. The summed E-state index contributed by atoms with van der Waals surface area (Å²) in [5.41, 5.74) is 1.39. The molecule has 0 fully saturated rings. The number of hydrogen-bond donors (Lipinski definition) is 2. The Morgan fingerprint density at radius 2 is 1.91 bits per heavy atom. The van der Waals surface area contributed by atoms with E-state index in [9.17, 15) is 9.59 Å². The summed E-state index contributed by atoms with van der Waals surface area (Å²) in [6.07, 6.45) is 0. The number of carbonyl (C=O) groups is 1. The third-order valence-electron chi connectivity index (χ3n) is 3.47. The van der Waals surface area contributed by atoms with Gasteiger partial charge in [-0.3, -0.25) is 14.2 Å². The number of aromatic nitrogens is 2. The first kappa shape index (κ1) is 15.5. The van der Waals surface area contributed by atoms with Crippen molar-refractivity contribution < 1.29 is 4.79 Å². The Morgan fingerprint density at radius 1 is 1.22 bits per heavy atom. The Bertz CT molecular complexity index is 1020. The number of H-pyrrole nitrogens is 1. The Labute approximate surface area is 141 Å². The second kappa shape index (κ2) is 5.98. The van der Waals surface area contributed by atoms with Crippen LogP contribution in [-0.2, 0) is 7.05 Å². The zero-order valence-corrected chi connectivity index (χ0v) is 13.7. The monoisotopic (exact) mass is 345 g/mol. The van der Waals surface area contributed by atoms with E-state index < -0.39 is 0 Å². The van der Waals surface area contributed by atoms with E-state index >= 15 is 0 Å². The molecule has 0 bridgehead atoms. The van der Waals surface area contributed by atoms with E-state index in [4.69, 9.17) is 23.8 Å². The number of carbonyl (C=O) groups excluding carboxylic acids is 1. The second-order valence-corrected chi connectivity index (χ2v) is 5.84. The minimum atomic E-state index is -0.283. The molecule has 3 aromatic rings. The van der Waals surface area contributed by atoms with Crippen molar-refractivity contribution in [3.05, 3.63) is 68.2 Å². The van der Waals surface area contributed by atoms with Crippen LogP contribution in [0, 0.1) is 4.77 Å². The van der Waals surface area contributed by atoms with Crippen molar-refractivity contribution >= 4 is 46.3 Å². The molecule has 1 heterocycles. The Hall–Kier alpha value is -2.44. The van der Waals surface area contributed by atoms with Gasteiger partial charge in [0.15, 0.2) is 4.77 Å². The third-order valence-corrected chi connectivity index (χ3v) is 4.09. The zero-order chi connectivity index (χ0) is 16.6. The molecule has 0 aliphatic heterocycles. The number of benzene rings is 2. The van der Waals surface area contributed by atoms with Crippen molar-refractivity contribution in [2.45, 2.75) is 0 Å². The lowest BCUT2D eigenvalue weighted by Crippen LogP contribution is -2.19. The van der Waals surface area contributed by atoms with Gasteiger partial charge in [-0.25, -0.2) is 0 Å². The molecule has 5 nitrogen and oxygen atoms in total. The summed E-state index contributed by atoms with van der Waals surface area (Å²) in [5.74, 6) is -0.283. The Morgan fingerprint density at radius 3 is 2.61 bits per heavy atom. The van der Waals surface area contributed by atoms with Gasteiger partial charge < -0.3 is 10.3 Å². The van der Waals surface area contributed by atoms with Gasteiger partial charge in [0.2, 0.25) is 0 Å². The number of halogens is 1. The predicted octanol–water partition coefficient (Wildman–Crippen LogP) is 3.50. The van der Waals surface area contributed by atoms with Crippen molar-refractivity contribution in [1.82, 2.24) is 9.55 Å². The van der Waals surface area contributed by atoms with Crippen molar-refractivity contribution in [3.63, 3.8) is 0 Å². The van der Waals surface area contributed by atoms with Crippen LogP contribution < -0.4 is 10.9 Å². The number of aromatic amines is 1. The SMILES string of the molecule is Cn1c(=S)[nH]c2cc(C(=O)Nc3ccc(Cl)cc3)ccc2c1=O. The second-order valence-electron chi connectivity index (χ2n) is 5.02. The highest BCUT2D eigenvalue weighted by Crippen LogP contribution is 2.16. The molecule has 1 aromatic heterocycles. The van der Waals surface area contributed by atoms with Gasteiger partial charge in [-0.2, -0.15) is 0 Å². The number of amides is 1. The van der Waals surface area contributed by atoms with E-state index in [0.29, 0.717) is 31.9 Å². The van der Waals surface area contributed by atoms with Gasteiger partial charge >= 0.3 is 0 Å². The van der Waals surface area contributed by atoms with Crippen LogP contribution in [0.4, 0.5) is 5.69 Å². The minimum absolute atomic E-state index is 0.201. The van der Waals surface area contributed by atoms with E-state index in [1.165, 1.54) is 4.57 Å². The van der Waals surface area contributed by atoms with Gasteiger partial charge in [0, 0.05) is 23.3 Å². The van der Waals surface area contributed by atoms with Crippen LogP contribution in [-0.4, -0.2) is 15.5 Å². The first-order valence-electron chi connectivity index (χ1n) is 6.76. The predicted molar refractivity (Wildman–Crippen MR) is 93.8 cm³/mol. The van der Waals surface area contributed by atoms with Gasteiger partial charge in [0.25, 0.3) is 11.5 Å². The maximum absolute atomic E-state index is 12.3. The summed E-state index contributed by atoms with van der Waals surface area (Å²) in [4.78, 5) is 27.4. The van der Waals surface area contributed by atoms with Crippen LogP contribution in [0.2, 0.25) is 5.02 Å². The van der Waals surface area contributed by atoms with E-state index in [1.54, 1.807) is 49.5 Å². The average Bonchev–Trinajstić information content (AvgIpc) is 2.54. The fourth-order valence-corrected chi connectivity index (χ4v) is 2.50. The van der Waals surface area contributed by atoms with Gasteiger partial charge in [0.1, 0.15) is 0 Å². The fraction of sp³-hybridized carbons (Fsp3) is 0.0625. The molecule has 0 saturated carbocycles. The van der Waals surface area contributed by atoms with E-state index in [0.717, 1.165) is 0 Å². The number of nitrogens with zero attached hydrogens (tertiary/aromatic N) is 1. The van der Waals surface area contributed by atoms with Crippen LogP contribution in [0.15, 0.2) is 47.3 Å². The van der Waals surface area contributed by atoms with Gasteiger partial charge in [-0.15, -0.1) is 0 Å². The topological polar surface area (TPSA) is 66.9 Å². The van der Waals surface area contributed by atoms with E-state index in [1.807, 2.05) is 0 Å². The lowest BCUT2D eigenvalue weighted by Gasteiger charge is -2.07. The molecular formula is C16H12ClN3O2S. The first-order chi connectivity index (χ1) is 11.0. The maximum atomic E-state index is 12.3. The number of anilines is 1. The highest BCUT2D eigenvalue weighted by Gasteiger charge is 2.09. The lowest BCUT2D eigenvalue weighted by atomic mass is 10.1. The smallest absolute Gasteiger partial charge is 0.261 e. The summed E-state index contributed by atoms with van der Waals surface area (Å²) in [6, 6.07) is 11.6. The standard InChI is InChI=1S/C16H12ClN3O2S/c1-20-15(22)12-7-2-9(8-13(12)19-16(20)23)14(21)18-11-5-3-10(17)4-6-11/h2-8H,1H3,(H,18,21)(H,19,23). The van der Waals surface area contributed by atoms with Gasteiger partial charge in [-0.05, 0) is 54.7 Å². The molecule has 1 amide bonds. The largest absolute Gasteiger partial charge is 0.332 e. The maximum Gasteiger partial charge on any atom is 0.261 e. The first-order valence-corrected chi connectivity index (χ1v) is 7.54. The third kappa shape index (κ3) is 3.04. The summed E-state index contributed by atoms with van der Waals surface area (Å²) in [5, 5.41) is 3.84. The van der Waals surface area contributed by atoms with Crippen molar-refractivity contribution in [2.24, 2.45) is 7.05 Å². The molecule has 116 valence electrons. The summed E-state index contributed by atoms with van der Waals surface area (Å²) in [6.45, 7) is 0. The molecule has 0 saturated heterocycles. The molecule has 2 N–H and O–H groups in total. The Balaban J connectivity index is 1.98. The van der Waals surface area contributed by atoms with Crippen LogP contribution in [0.1, 0.15) is 10.4 Å². The fourth-order valence-electron chi connectivity index (χ4n) is 2.18. The van der Waals surface area contributed by atoms with E-state index in [2.05, 4.69) is 10.3 Å². The molecule has 0 unspecified atom stereocenters. The molecule has 0 atom stereocenters. The highest BCUT2D eigenvalue weighted by atomic mass is 35.5. The molecule has 0 aliphatic carbocycles. The van der Waals surface area contributed by atoms with Crippen LogP contribution >= 0.6 is 23.8 Å². The van der Waals surface area contributed by atoms with Gasteiger partial charge in [-0.1, -0.05) is 11.6 Å².